The number of unbranched alkanes of at least 4 members (excludes halogenated alkanes) is 1. The Kier molecular flexibility index (Phi) is 11.2. The van der Waals surface area contributed by atoms with Crippen molar-refractivity contribution in [2.45, 2.75) is 52.4 Å². The van der Waals surface area contributed by atoms with E-state index in [-0.39, 0.29) is 19.1 Å². The molecule has 0 saturated carbocycles. The fourth-order valence-corrected chi connectivity index (χ4v) is 3.66. The molecule has 3 aromatic carbocycles. The van der Waals surface area contributed by atoms with Crippen molar-refractivity contribution in [3.63, 3.8) is 0 Å². The van der Waals surface area contributed by atoms with Crippen molar-refractivity contribution in [2.75, 3.05) is 11.9 Å². The lowest BCUT2D eigenvalue weighted by molar-refractivity contribution is -0.118. The molecule has 8 heteroatoms. The van der Waals surface area contributed by atoms with Gasteiger partial charge in [0.15, 0.2) is 0 Å². The van der Waals surface area contributed by atoms with Crippen LogP contribution >= 0.6 is 0 Å². The first-order chi connectivity index (χ1) is 18.4. The van der Waals surface area contributed by atoms with E-state index in [1.165, 1.54) is 0 Å². The molecule has 3 rings (SSSR count). The number of ether oxygens (including phenoxy) is 2. The van der Waals surface area contributed by atoms with Gasteiger partial charge in [-0.1, -0.05) is 66.7 Å². The molecule has 0 heterocycles. The minimum absolute atomic E-state index is 0.104. The van der Waals surface area contributed by atoms with Crippen LogP contribution in [0.25, 0.3) is 0 Å². The molecule has 0 aliphatic rings. The van der Waals surface area contributed by atoms with Crippen molar-refractivity contribution < 1.29 is 23.9 Å². The molecular formula is C30H35N3O5. The van der Waals surface area contributed by atoms with E-state index in [4.69, 9.17) is 9.47 Å². The topological polar surface area (TPSA) is 106 Å². The van der Waals surface area contributed by atoms with Gasteiger partial charge in [0.05, 0.1) is 0 Å². The Balaban J connectivity index is 1.47. The zero-order chi connectivity index (χ0) is 27.2. The van der Waals surface area contributed by atoms with Crippen LogP contribution in [-0.2, 0) is 27.5 Å². The monoisotopic (exact) mass is 517 g/mol. The third-order valence-electron chi connectivity index (χ3n) is 6.00. The van der Waals surface area contributed by atoms with Gasteiger partial charge in [-0.2, -0.15) is 0 Å². The predicted molar refractivity (Wildman–Crippen MR) is 147 cm³/mol. The zero-order valence-corrected chi connectivity index (χ0v) is 21.9. The highest BCUT2D eigenvalue weighted by molar-refractivity contribution is 5.96. The molecule has 0 unspecified atom stereocenters. The number of hydrogen-bond donors (Lipinski definition) is 3. The number of alkyl carbamates (subject to hydrolysis) is 2. The number of amides is 3. The summed E-state index contributed by atoms with van der Waals surface area (Å²) in [6.07, 6.45) is 0.396. The first kappa shape index (κ1) is 28.2. The largest absolute Gasteiger partial charge is 0.445 e. The number of hydrogen-bond acceptors (Lipinski definition) is 5. The van der Waals surface area contributed by atoms with E-state index in [0.717, 1.165) is 22.3 Å². The Bertz CT molecular complexity index is 1190. The lowest BCUT2D eigenvalue weighted by Crippen LogP contribution is -2.44. The standard InChI is InChI=1S/C30H35N3O5/c1-22-16-17-26(19-23(22)2)32-28(34)27(33-30(36)38-21-25-13-7-4-8-14-25)15-9-10-18-31-29(35)37-20-24-11-5-3-6-12-24/h3-8,11-14,16-17,19,27H,9-10,15,18,20-21H2,1-2H3,(H,31,35)(H,32,34)(H,33,36)/t27-/m0/s1. The molecule has 200 valence electrons. The molecule has 0 spiro atoms. The van der Waals surface area contributed by atoms with E-state index in [0.29, 0.717) is 31.5 Å². The highest BCUT2D eigenvalue weighted by Crippen LogP contribution is 2.15. The minimum atomic E-state index is -0.801. The van der Waals surface area contributed by atoms with Crippen molar-refractivity contribution >= 4 is 23.8 Å². The molecule has 0 aromatic heterocycles. The second kappa shape index (κ2) is 15.0. The molecule has 3 N–H and O–H groups in total. The van der Waals surface area contributed by atoms with E-state index >= 15 is 0 Å². The summed E-state index contributed by atoms with van der Waals surface area (Å²) >= 11 is 0. The van der Waals surface area contributed by atoms with E-state index in [9.17, 15) is 14.4 Å². The van der Waals surface area contributed by atoms with E-state index in [2.05, 4.69) is 16.0 Å². The van der Waals surface area contributed by atoms with E-state index in [1.54, 1.807) is 0 Å². The maximum atomic E-state index is 13.0. The van der Waals surface area contributed by atoms with Gasteiger partial charge in [0, 0.05) is 12.2 Å². The normalized spacial score (nSPS) is 11.2. The average Bonchev–Trinajstić information content (AvgIpc) is 2.93. The molecule has 0 bridgehead atoms. The van der Waals surface area contributed by atoms with Crippen LogP contribution in [0.5, 0.6) is 0 Å². The quantitative estimate of drug-likeness (QED) is 0.270. The van der Waals surface area contributed by atoms with Gasteiger partial charge >= 0.3 is 12.2 Å². The lowest BCUT2D eigenvalue weighted by Gasteiger charge is -2.19. The fourth-order valence-electron chi connectivity index (χ4n) is 3.66. The van der Waals surface area contributed by atoms with Crippen LogP contribution < -0.4 is 16.0 Å². The van der Waals surface area contributed by atoms with Gasteiger partial charge in [0.1, 0.15) is 19.3 Å². The van der Waals surface area contributed by atoms with Gasteiger partial charge in [-0.15, -0.1) is 0 Å². The molecule has 0 aliphatic heterocycles. The van der Waals surface area contributed by atoms with Gasteiger partial charge in [-0.25, -0.2) is 9.59 Å². The molecule has 3 aromatic rings. The third-order valence-corrected chi connectivity index (χ3v) is 6.00. The van der Waals surface area contributed by atoms with E-state index in [1.807, 2.05) is 92.7 Å². The summed E-state index contributed by atoms with van der Waals surface area (Å²) in [6.45, 7) is 4.66. The Labute approximate surface area is 223 Å². The number of aryl methyl sites for hydroxylation is 2. The first-order valence-corrected chi connectivity index (χ1v) is 12.7. The smallest absolute Gasteiger partial charge is 0.408 e. The summed E-state index contributed by atoms with van der Waals surface area (Å²) in [4.78, 5) is 37.4. The number of carbonyl (C=O) groups is 3. The third kappa shape index (κ3) is 9.97. The van der Waals surface area contributed by atoms with Crippen molar-refractivity contribution in [1.82, 2.24) is 10.6 Å². The number of rotatable bonds is 12. The lowest BCUT2D eigenvalue weighted by atomic mass is 10.1. The Morgan fingerprint density at radius 3 is 1.95 bits per heavy atom. The Hall–Kier alpha value is -4.33. The van der Waals surface area contributed by atoms with Gasteiger partial charge in [-0.3, -0.25) is 4.79 Å². The summed E-state index contributed by atoms with van der Waals surface area (Å²) in [6, 6.07) is 23.6. The second-order valence-corrected chi connectivity index (χ2v) is 9.03. The number of benzene rings is 3. The van der Waals surface area contributed by atoms with Crippen LogP contribution in [0.3, 0.4) is 0 Å². The summed E-state index contributed by atoms with van der Waals surface area (Å²) in [5, 5.41) is 8.28. The molecule has 3 amide bonds. The molecule has 0 radical (unpaired) electrons. The molecule has 0 saturated heterocycles. The summed E-state index contributed by atoms with van der Waals surface area (Å²) in [7, 11) is 0. The molecule has 38 heavy (non-hydrogen) atoms. The van der Waals surface area contributed by atoms with Gasteiger partial charge in [-0.05, 0) is 67.5 Å². The predicted octanol–water partition coefficient (Wildman–Crippen LogP) is 5.63. The van der Waals surface area contributed by atoms with Crippen LogP contribution in [0.4, 0.5) is 15.3 Å². The summed E-state index contributed by atoms with van der Waals surface area (Å²) in [5.41, 5.74) is 4.59. The van der Waals surface area contributed by atoms with Crippen LogP contribution in [0.1, 0.15) is 41.5 Å². The van der Waals surface area contributed by atoms with Crippen LogP contribution in [0.2, 0.25) is 0 Å². The van der Waals surface area contributed by atoms with Crippen molar-refractivity contribution in [2.24, 2.45) is 0 Å². The summed E-state index contributed by atoms with van der Waals surface area (Å²) < 4.78 is 10.5. The van der Waals surface area contributed by atoms with Crippen LogP contribution in [0.15, 0.2) is 78.9 Å². The Morgan fingerprint density at radius 2 is 1.34 bits per heavy atom. The number of nitrogens with one attached hydrogen (secondary N) is 3. The number of carbonyl (C=O) groups excluding carboxylic acids is 3. The highest BCUT2D eigenvalue weighted by atomic mass is 16.6. The van der Waals surface area contributed by atoms with Crippen molar-refractivity contribution in [1.29, 1.82) is 0 Å². The molecular weight excluding hydrogens is 482 g/mol. The second-order valence-electron chi connectivity index (χ2n) is 9.03. The van der Waals surface area contributed by atoms with Crippen molar-refractivity contribution in [3.8, 4) is 0 Å². The highest BCUT2D eigenvalue weighted by Gasteiger charge is 2.21. The Morgan fingerprint density at radius 1 is 0.737 bits per heavy atom. The van der Waals surface area contributed by atoms with Gasteiger partial charge in [0.2, 0.25) is 5.91 Å². The zero-order valence-electron chi connectivity index (χ0n) is 21.9. The first-order valence-electron chi connectivity index (χ1n) is 12.7. The molecule has 8 nitrogen and oxygen atoms in total. The molecule has 1 atom stereocenters. The summed E-state index contributed by atoms with van der Waals surface area (Å²) in [5.74, 6) is -0.333. The van der Waals surface area contributed by atoms with Crippen LogP contribution in [0, 0.1) is 13.8 Å². The van der Waals surface area contributed by atoms with Gasteiger partial charge < -0.3 is 25.4 Å². The van der Waals surface area contributed by atoms with E-state index < -0.39 is 18.2 Å². The molecule has 0 fully saturated rings. The number of anilines is 1. The molecule has 0 aliphatic carbocycles. The van der Waals surface area contributed by atoms with Gasteiger partial charge in [0.25, 0.3) is 0 Å². The van der Waals surface area contributed by atoms with Crippen LogP contribution in [-0.4, -0.2) is 30.7 Å². The maximum Gasteiger partial charge on any atom is 0.408 e. The average molecular weight is 518 g/mol. The SMILES string of the molecule is Cc1ccc(NC(=O)[C@H](CCCCNC(=O)OCc2ccccc2)NC(=O)OCc2ccccc2)cc1C. The minimum Gasteiger partial charge on any atom is -0.445 e. The maximum absolute atomic E-state index is 13.0. The fraction of sp³-hybridized carbons (Fsp3) is 0.300. The van der Waals surface area contributed by atoms with Crippen molar-refractivity contribution in [3.05, 3.63) is 101 Å².